The van der Waals surface area contributed by atoms with Crippen LogP contribution in [0, 0.1) is 19.7 Å². The number of carbonyl (C=O) groups excluding carboxylic acids is 1. The number of anilines is 1. The van der Waals surface area contributed by atoms with E-state index in [-0.39, 0.29) is 12.2 Å². The number of fused-ring (bicyclic) bond motifs is 4. The molecule has 1 aliphatic heterocycles. The largest absolute Gasteiger partial charge is 0.495 e. The standard InChI is InChI=1S/C27H22FN5O4S/c1-13-5-15-7-17(35-4)12-31-23(15)18(6-13)26-32-21-9-20(28)24-19(25(21)38-26)8-22(36-24)37-27(34)33(3)16-10-29-14(2)30-11-16/h5-7,9-12,22H,8H2,1-4H3/t22-/m1/s1. The average molecular weight is 532 g/mol. The molecule has 1 atom stereocenters. The van der Waals surface area contributed by atoms with Crippen molar-refractivity contribution < 1.29 is 23.4 Å². The highest BCUT2D eigenvalue weighted by Crippen LogP contribution is 2.43. The molecule has 1 amide bonds. The zero-order valence-electron chi connectivity index (χ0n) is 21.0. The Morgan fingerprint density at radius 3 is 2.68 bits per heavy atom. The van der Waals surface area contributed by atoms with Crippen LogP contribution in [0.1, 0.15) is 17.0 Å². The number of rotatable bonds is 4. The summed E-state index contributed by atoms with van der Waals surface area (Å²) in [5, 5.41) is 1.63. The van der Waals surface area contributed by atoms with Gasteiger partial charge in [0, 0.05) is 29.6 Å². The second kappa shape index (κ2) is 9.18. The number of hydrogen-bond acceptors (Lipinski definition) is 9. The predicted molar refractivity (Wildman–Crippen MR) is 141 cm³/mol. The molecular weight excluding hydrogens is 509 g/mol. The predicted octanol–water partition coefficient (Wildman–Crippen LogP) is 5.60. The SMILES string of the molecule is COc1cnc2c(-c3nc4cc(F)c5c(c4s3)C[C@@H](OC(=O)N(C)c3cnc(C)nc3)O5)cc(C)cc2c1. The van der Waals surface area contributed by atoms with Gasteiger partial charge in [-0.2, -0.15) is 0 Å². The third-order valence-corrected chi connectivity index (χ3v) is 7.50. The van der Waals surface area contributed by atoms with Crippen molar-refractivity contribution in [1.82, 2.24) is 19.9 Å². The number of thiazole rings is 1. The highest BCUT2D eigenvalue weighted by Gasteiger charge is 2.33. The second-order valence-corrected chi connectivity index (χ2v) is 9.97. The molecule has 0 N–H and O–H groups in total. The Kier molecular flexibility index (Phi) is 5.79. The fourth-order valence-electron chi connectivity index (χ4n) is 4.42. The summed E-state index contributed by atoms with van der Waals surface area (Å²) < 4.78 is 32.4. The lowest BCUT2D eigenvalue weighted by Gasteiger charge is -2.19. The lowest BCUT2D eigenvalue weighted by Crippen LogP contribution is -2.33. The molecule has 0 aliphatic carbocycles. The van der Waals surface area contributed by atoms with Crippen molar-refractivity contribution in [2.75, 3.05) is 19.1 Å². The van der Waals surface area contributed by atoms with E-state index < -0.39 is 18.2 Å². The van der Waals surface area contributed by atoms with Gasteiger partial charge in [0.2, 0.25) is 0 Å². The molecule has 6 rings (SSSR count). The van der Waals surface area contributed by atoms with Crippen molar-refractivity contribution in [3.05, 3.63) is 65.6 Å². The molecule has 192 valence electrons. The van der Waals surface area contributed by atoms with Crippen LogP contribution in [0.5, 0.6) is 11.5 Å². The van der Waals surface area contributed by atoms with E-state index in [4.69, 9.17) is 19.2 Å². The van der Waals surface area contributed by atoms with Gasteiger partial charge >= 0.3 is 6.09 Å². The van der Waals surface area contributed by atoms with Crippen LogP contribution in [-0.2, 0) is 11.2 Å². The maximum Gasteiger partial charge on any atom is 0.417 e. The Bertz CT molecular complexity index is 1720. The third-order valence-electron chi connectivity index (χ3n) is 6.33. The number of amides is 1. The minimum atomic E-state index is -0.981. The van der Waals surface area contributed by atoms with Gasteiger partial charge in [-0.25, -0.2) is 24.1 Å². The molecule has 0 saturated carbocycles. The van der Waals surface area contributed by atoms with E-state index in [1.54, 1.807) is 27.3 Å². The van der Waals surface area contributed by atoms with Gasteiger partial charge in [-0.3, -0.25) is 9.88 Å². The van der Waals surface area contributed by atoms with E-state index in [0.717, 1.165) is 26.7 Å². The monoisotopic (exact) mass is 531 g/mol. The molecule has 38 heavy (non-hydrogen) atoms. The number of benzene rings is 2. The van der Waals surface area contributed by atoms with Crippen molar-refractivity contribution >= 4 is 44.2 Å². The zero-order chi connectivity index (χ0) is 26.6. The summed E-state index contributed by atoms with van der Waals surface area (Å²) in [6, 6.07) is 7.33. The van der Waals surface area contributed by atoms with Gasteiger partial charge < -0.3 is 14.2 Å². The number of aromatic nitrogens is 4. The summed E-state index contributed by atoms with van der Waals surface area (Å²) in [6.45, 7) is 3.75. The lowest BCUT2D eigenvalue weighted by atomic mass is 10.1. The molecule has 3 aromatic heterocycles. The molecule has 0 spiro atoms. The molecule has 11 heteroatoms. The van der Waals surface area contributed by atoms with Crippen molar-refractivity contribution in [3.63, 3.8) is 0 Å². The first kappa shape index (κ1) is 24.0. The van der Waals surface area contributed by atoms with Crippen LogP contribution >= 0.6 is 11.3 Å². The fourth-order valence-corrected chi connectivity index (χ4v) is 5.53. The first-order valence-electron chi connectivity index (χ1n) is 11.8. The summed E-state index contributed by atoms with van der Waals surface area (Å²) in [7, 11) is 3.15. The number of aryl methyl sites for hydroxylation is 2. The summed E-state index contributed by atoms with van der Waals surface area (Å²) in [5.74, 6) is 0.767. The Morgan fingerprint density at radius 2 is 1.92 bits per heavy atom. The van der Waals surface area contributed by atoms with Crippen LogP contribution in [0.2, 0.25) is 0 Å². The Morgan fingerprint density at radius 1 is 1.13 bits per heavy atom. The molecule has 0 radical (unpaired) electrons. The summed E-state index contributed by atoms with van der Waals surface area (Å²) >= 11 is 1.43. The van der Waals surface area contributed by atoms with Crippen LogP contribution in [0.4, 0.5) is 14.9 Å². The number of halogens is 1. The highest BCUT2D eigenvalue weighted by molar-refractivity contribution is 7.22. The molecule has 4 heterocycles. The van der Waals surface area contributed by atoms with Crippen LogP contribution in [0.15, 0.2) is 42.9 Å². The van der Waals surface area contributed by atoms with E-state index in [0.29, 0.717) is 33.3 Å². The van der Waals surface area contributed by atoms with Gasteiger partial charge in [0.25, 0.3) is 6.29 Å². The van der Waals surface area contributed by atoms with E-state index in [1.807, 2.05) is 25.1 Å². The van der Waals surface area contributed by atoms with Gasteiger partial charge in [0.15, 0.2) is 11.6 Å². The number of ether oxygens (including phenoxy) is 3. The van der Waals surface area contributed by atoms with Crippen LogP contribution in [0.3, 0.4) is 0 Å². The molecule has 9 nitrogen and oxygen atoms in total. The summed E-state index contributed by atoms with van der Waals surface area (Å²) in [5.41, 5.74) is 4.26. The van der Waals surface area contributed by atoms with Gasteiger partial charge in [0.05, 0.1) is 53.5 Å². The normalized spacial score (nSPS) is 14.4. The van der Waals surface area contributed by atoms with Gasteiger partial charge in [-0.05, 0) is 37.6 Å². The molecule has 0 saturated heterocycles. The van der Waals surface area contributed by atoms with Gasteiger partial charge in [-0.1, -0.05) is 0 Å². The Hall–Kier alpha value is -4.38. The summed E-state index contributed by atoms with van der Waals surface area (Å²) in [6.07, 6.45) is 3.26. The van der Waals surface area contributed by atoms with E-state index >= 15 is 4.39 Å². The first-order valence-corrected chi connectivity index (χ1v) is 12.6. The highest BCUT2D eigenvalue weighted by atomic mass is 32.1. The van der Waals surface area contributed by atoms with Gasteiger partial charge in [-0.15, -0.1) is 11.3 Å². The Labute approximate surface area is 220 Å². The van der Waals surface area contributed by atoms with Crippen molar-refractivity contribution in [3.8, 4) is 22.1 Å². The molecule has 0 bridgehead atoms. The zero-order valence-corrected chi connectivity index (χ0v) is 21.8. The molecule has 1 aliphatic rings. The van der Waals surface area contributed by atoms with Crippen LogP contribution in [0.25, 0.3) is 31.7 Å². The quantitative estimate of drug-likeness (QED) is 0.296. The molecule has 2 aromatic carbocycles. The topological polar surface area (TPSA) is 99.6 Å². The lowest BCUT2D eigenvalue weighted by molar-refractivity contribution is -0.0144. The average Bonchev–Trinajstić information content (AvgIpc) is 3.52. The van der Waals surface area contributed by atoms with Crippen molar-refractivity contribution in [2.45, 2.75) is 26.6 Å². The van der Waals surface area contributed by atoms with Crippen LogP contribution < -0.4 is 14.4 Å². The number of pyridine rings is 1. The maximum absolute atomic E-state index is 15.1. The summed E-state index contributed by atoms with van der Waals surface area (Å²) in [4.78, 5) is 31.5. The first-order chi connectivity index (χ1) is 18.3. The fraction of sp³-hybridized carbons (Fsp3) is 0.222. The second-order valence-electron chi connectivity index (χ2n) is 8.98. The molecular formula is C27H22FN5O4S. The van der Waals surface area contributed by atoms with E-state index in [9.17, 15) is 4.79 Å². The smallest absolute Gasteiger partial charge is 0.417 e. The third kappa shape index (κ3) is 4.14. The minimum Gasteiger partial charge on any atom is -0.495 e. The van der Waals surface area contributed by atoms with E-state index in [1.165, 1.54) is 34.7 Å². The van der Waals surface area contributed by atoms with Crippen molar-refractivity contribution in [1.29, 1.82) is 0 Å². The number of nitrogens with zero attached hydrogens (tertiary/aromatic N) is 5. The number of methoxy groups -OCH3 is 1. The van der Waals surface area contributed by atoms with Crippen LogP contribution in [-0.4, -0.2) is 46.5 Å². The number of hydrogen-bond donors (Lipinski definition) is 0. The van der Waals surface area contributed by atoms with E-state index in [2.05, 4.69) is 15.0 Å². The maximum atomic E-state index is 15.1. The molecule has 0 fully saturated rings. The molecule has 5 aromatic rings. The van der Waals surface area contributed by atoms with Gasteiger partial charge in [0.1, 0.15) is 16.6 Å². The Balaban J connectivity index is 1.32. The minimum absolute atomic E-state index is 0.0729. The molecule has 0 unspecified atom stereocenters. The van der Waals surface area contributed by atoms with Crippen molar-refractivity contribution in [2.24, 2.45) is 0 Å². The number of carbonyl (C=O) groups is 1.